The second-order valence-electron chi connectivity index (χ2n) is 8.70. The highest BCUT2D eigenvalue weighted by Crippen LogP contribution is 2.30. The average molecular weight is 449 g/mol. The van der Waals surface area contributed by atoms with Crippen LogP contribution >= 0.6 is 0 Å². The zero-order valence-corrected chi connectivity index (χ0v) is 19.1. The standard InChI is InChI=1S/C22H32N4O4S/c1-22(7-12-31(27,28)17-22)26-16-18(14-24-26)13-23-15-21(25-8-10-30-11-9-25)19-3-5-20(29-2)6-4-19/h3-6,14,16,21,23H,7-13,15,17H2,1-2H3/t21-,22+/m1/s1. The van der Waals surface area contributed by atoms with Crippen molar-refractivity contribution in [1.82, 2.24) is 20.0 Å². The van der Waals surface area contributed by atoms with Gasteiger partial charge in [-0.15, -0.1) is 0 Å². The summed E-state index contributed by atoms with van der Waals surface area (Å²) < 4.78 is 36.5. The summed E-state index contributed by atoms with van der Waals surface area (Å²) in [5.41, 5.74) is 1.85. The van der Waals surface area contributed by atoms with Crippen molar-refractivity contribution >= 4 is 9.84 Å². The number of hydrogen-bond donors (Lipinski definition) is 1. The van der Waals surface area contributed by atoms with Gasteiger partial charge in [-0.05, 0) is 31.0 Å². The van der Waals surface area contributed by atoms with E-state index >= 15 is 0 Å². The van der Waals surface area contributed by atoms with Gasteiger partial charge in [0.2, 0.25) is 0 Å². The van der Waals surface area contributed by atoms with Crippen molar-refractivity contribution in [2.45, 2.75) is 31.5 Å². The molecule has 31 heavy (non-hydrogen) atoms. The van der Waals surface area contributed by atoms with Gasteiger partial charge in [0.15, 0.2) is 9.84 Å². The second kappa shape index (κ2) is 9.28. The van der Waals surface area contributed by atoms with Gasteiger partial charge in [0.25, 0.3) is 0 Å². The quantitative estimate of drug-likeness (QED) is 0.656. The molecule has 2 fully saturated rings. The fourth-order valence-electron chi connectivity index (χ4n) is 4.45. The number of aromatic nitrogens is 2. The molecule has 1 aromatic heterocycles. The number of hydrogen-bond acceptors (Lipinski definition) is 7. The van der Waals surface area contributed by atoms with E-state index in [1.54, 1.807) is 7.11 Å². The van der Waals surface area contributed by atoms with Gasteiger partial charge >= 0.3 is 0 Å². The summed E-state index contributed by atoms with van der Waals surface area (Å²) >= 11 is 0. The smallest absolute Gasteiger partial charge is 0.152 e. The molecule has 0 bridgehead atoms. The molecule has 4 rings (SSSR count). The van der Waals surface area contributed by atoms with E-state index in [-0.39, 0.29) is 17.5 Å². The lowest BCUT2D eigenvalue weighted by Gasteiger charge is -2.35. The monoisotopic (exact) mass is 448 g/mol. The van der Waals surface area contributed by atoms with Crippen LogP contribution in [0.25, 0.3) is 0 Å². The highest BCUT2D eigenvalue weighted by molar-refractivity contribution is 7.91. The summed E-state index contributed by atoms with van der Waals surface area (Å²) in [5.74, 6) is 1.25. The molecule has 2 aromatic rings. The van der Waals surface area contributed by atoms with Crippen molar-refractivity contribution in [3.63, 3.8) is 0 Å². The Balaban J connectivity index is 1.40. The van der Waals surface area contributed by atoms with Crippen LogP contribution in [0, 0.1) is 0 Å². The fourth-order valence-corrected chi connectivity index (χ4v) is 6.57. The summed E-state index contributed by atoms with van der Waals surface area (Å²) in [7, 11) is -1.29. The number of rotatable bonds is 8. The van der Waals surface area contributed by atoms with Crippen LogP contribution in [0.3, 0.4) is 0 Å². The van der Waals surface area contributed by atoms with E-state index in [2.05, 4.69) is 27.4 Å². The number of benzene rings is 1. The molecule has 2 aliphatic heterocycles. The van der Waals surface area contributed by atoms with Crippen molar-refractivity contribution in [3.8, 4) is 5.75 Å². The molecule has 1 N–H and O–H groups in total. The third-order valence-corrected chi connectivity index (χ3v) is 8.21. The van der Waals surface area contributed by atoms with Crippen LogP contribution in [0.2, 0.25) is 0 Å². The van der Waals surface area contributed by atoms with Crippen molar-refractivity contribution in [1.29, 1.82) is 0 Å². The number of ether oxygens (including phenoxy) is 2. The molecule has 1 aromatic carbocycles. The highest BCUT2D eigenvalue weighted by atomic mass is 32.2. The molecule has 0 unspecified atom stereocenters. The molecule has 0 saturated carbocycles. The van der Waals surface area contributed by atoms with Crippen molar-refractivity contribution in [2.24, 2.45) is 0 Å². The number of nitrogens with zero attached hydrogens (tertiary/aromatic N) is 3. The molecular weight excluding hydrogens is 416 g/mol. The lowest BCUT2D eigenvalue weighted by Crippen LogP contribution is -2.42. The van der Waals surface area contributed by atoms with E-state index in [4.69, 9.17) is 9.47 Å². The SMILES string of the molecule is COc1ccc([C@@H](CNCc2cnn([C@@]3(C)CCS(=O)(=O)C3)c2)N2CCOCC2)cc1. The lowest BCUT2D eigenvalue weighted by molar-refractivity contribution is 0.0161. The number of sulfone groups is 1. The Labute approximate surface area is 184 Å². The van der Waals surface area contributed by atoms with Crippen molar-refractivity contribution < 1.29 is 17.9 Å². The van der Waals surface area contributed by atoms with E-state index in [1.165, 1.54) is 5.56 Å². The van der Waals surface area contributed by atoms with Crippen LogP contribution in [-0.2, 0) is 26.7 Å². The third kappa shape index (κ3) is 5.28. The van der Waals surface area contributed by atoms with Gasteiger partial charge < -0.3 is 14.8 Å². The van der Waals surface area contributed by atoms with Crippen LogP contribution in [-0.4, -0.2) is 74.6 Å². The Morgan fingerprint density at radius 3 is 2.65 bits per heavy atom. The molecule has 2 atom stereocenters. The van der Waals surface area contributed by atoms with E-state index in [0.717, 1.165) is 44.2 Å². The second-order valence-corrected chi connectivity index (χ2v) is 10.9. The van der Waals surface area contributed by atoms with Crippen LogP contribution in [0.1, 0.15) is 30.5 Å². The summed E-state index contributed by atoms with van der Waals surface area (Å²) in [6.45, 7) is 6.76. The third-order valence-electron chi connectivity index (χ3n) is 6.33. The first kappa shape index (κ1) is 22.3. The molecule has 3 heterocycles. The summed E-state index contributed by atoms with van der Waals surface area (Å²) in [4.78, 5) is 2.45. The molecular formula is C22H32N4O4S. The largest absolute Gasteiger partial charge is 0.497 e. The van der Waals surface area contributed by atoms with Gasteiger partial charge in [-0.1, -0.05) is 12.1 Å². The maximum atomic E-state index is 11.9. The average Bonchev–Trinajstić information content (AvgIpc) is 3.37. The zero-order chi connectivity index (χ0) is 21.9. The first-order valence-electron chi connectivity index (χ1n) is 10.8. The zero-order valence-electron chi connectivity index (χ0n) is 18.3. The topological polar surface area (TPSA) is 85.7 Å². The Bertz CT molecular complexity index is 970. The van der Waals surface area contributed by atoms with Gasteiger partial charge in [0.1, 0.15) is 5.75 Å². The van der Waals surface area contributed by atoms with Gasteiger partial charge in [-0.2, -0.15) is 5.10 Å². The summed E-state index contributed by atoms with van der Waals surface area (Å²) in [6, 6.07) is 8.49. The lowest BCUT2D eigenvalue weighted by atomic mass is 10.0. The minimum Gasteiger partial charge on any atom is -0.497 e. The molecule has 8 nitrogen and oxygen atoms in total. The van der Waals surface area contributed by atoms with E-state index in [1.807, 2.05) is 36.1 Å². The van der Waals surface area contributed by atoms with Gasteiger partial charge in [0.05, 0.1) is 43.6 Å². The maximum Gasteiger partial charge on any atom is 0.152 e. The number of morpholine rings is 1. The summed E-state index contributed by atoms with van der Waals surface area (Å²) in [5, 5.41) is 8.05. The number of methoxy groups -OCH3 is 1. The minimum absolute atomic E-state index is 0.158. The van der Waals surface area contributed by atoms with Crippen LogP contribution in [0.5, 0.6) is 5.75 Å². The fraction of sp³-hybridized carbons (Fsp3) is 0.591. The molecule has 9 heteroatoms. The number of nitrogens with one attached hydrogen (secondary N) is 1. The summed E-state index contributed by atoms with van der Waals surface area (Å²) in [6.07, 6.45) is 4.42. The maximum absolute atomic E-state index is 11.9. The van der Waals surface area contributed by atoms with Crippen LogP contribution < -0.4 is 10.1 Å². The Morgan fingerprint density at radius 1 is 1.26 bits per heavy atom. The van der Waals surface area contributed by atoms with E-state index in [9.17, 15) is 8.42 Å². The first-order valence-corrected chi connectivity index (χ1v) is 12.6. The van der Waals surface area contributed by atoms with Crippen molar-refractivity contribution in [2.75, 3.05) is 51.5 Å². The predicted octanol–water partition coefficient (Wildman–Crippen LogP) is 1.59. The Morgan fingerprint density at radius 2 is 2.00 bits per heavy atom. The van der Waals surface area contributed by atoms with E-state index in [0.29, 0.717) is 13.0 Å². The van der Waals surface area contributed by atoms with E-state index < -0.39 is 15.4 Å². The van der Waals surface area contributed by atoms with Gasteiger partial charge in [-0.25, -0.2) is 8.42 Å². The molecule has 0 amide bonds. The molecule has 2 saturated heterocycles. The molecule has 2 aliphatic rings. The van der Waals surface area contributed by atoms with Gasteiger partial charge in [0, 0.05) is 44.0 Å². The Kier molecular flexibility index (Phi) is 6.66. The highest BCUT2D eigenvalue weighted by Gasteiger charge is 2.40. The normalized spacial score (nSPS) is 24.8. The molecule has 0 aliphatic carbocycles. The van der Waals surface area contributed by atoms with Crippen LogP contribution in [0.15, 0.2) is 36.7 Å². The predicted molar refractivity (Wildman–Crippen MR) is 119 cm³/mol. The molecule has 170 valence electrons. The van der Waals surface area contributed by atoms with Crippen molar-refractivity contribution in [3.05, 3.63) is 47.8 Å². The minimum atomic E-state index is -2.97. The van der Waals surface area contributed by atoms with Gasteiger partial charge in [-0.3, -0.25) is 9.58 Å². The molecule has 0 radical (unpaired) electrons. The molecule has 0 spiro atoms. The first-order chi connectivity index (χ1) is 14.9. The van der Waals surface area contributed by atoms with Crippen LogP contribution in [0.4, 0.5) is 0 Å². The Hall–Kier alpha value is -1.94.